The van der Waals surface area contributed by atoms with Gasteiger partial charge in [0.05, 0.1) is 0 Å². The summed E-state index contributed by atoms with van der Waals surface area (Å²) in [5.74, 6) is 1.02. The van der Waals surface area contributed by atoms with E-state index in [0.29, 0.717) is 11.7 Å². The van der Waals surface area contributed by atoms with Gasteiger partial charge < -0.3 is 15.3 Å². The van der Waals surface area contributed by atoms with Crippen molar-refractivity contribution in [2.24, 2.45) is 5.92 Å². The lowest BCUT2D eigenvalue weighted by Gasteiger charge is -2.29. The highest BCUT2D eigenvalue weighted by atomic mass is 16.3. The number of hydrogen-bond donors (Lipinski definition) is 2. The van der Waals surface area contributed by atoms with E-state index in [1.807, 2.05) is 18.2 Å². The Morgan fingerprint density at radius 3 is 2.79 bits per heavy atom. The molecule has 2 rings (SSSR count). The molecule has 0 aliphatic carbocycles. The first-order valence-electron chi connectivity index (χ1n) is 7.45. The Kier molecular flexibility index (Phi) is 5.67. The molecule has 0 spiro atoms. The zero-order valence-corrected chi connectivity index (χ0v) is 11.9. The SMILES string of the molecule is CC(CNCc1cccc(O)c1)CN1CCCCC1. The van der Waals surface area contributed by atoms with E-state index >= 15 is 0 Å². The molecule has 2 N–H and O–H groups in total. The maximum absolute atomic E-state index is 9.40. The van der Waals surface area contributed by atoms with Crippen LogP contribution in [-0.4, -0.2) is 36.2 Å². The van der Waals surface area contributed by atoms with Crippen LogP contribution in [0, 0.1) is 5.92 Å². The van der Waals surface area contributed by atoms with E-state index in [9.17, 15) is 5.11 Å². The third-order valence-electron chi connectivity index (χ3n) is 3.75. The number of piperidine rings is 1. The van der Waals surface area contributed by atoms with Gasteiger partial charge in [0.15, 0.2) is 0 Å². The van der Waals surface area contributed by atoms with Crippen LogP contribution >= 0.6 is 0 Å². The van der Waals surface area contributed by atoms with Crippen LogP contribution in [-0.2, 0) is 6.54 Å². The molecule has 1 atom stereocenters. The Balaban J connectivity index is 1.64. The molecule has 1 aromatic rings. The molecule has 1 heterocycles. The van der Waals surface area contributed by atoms with E-state index in [-0.39, 0.29) is 0 Å². The Bertz CT molecular complexity index is 375. The second kappa shape index (κ2) is 7.51. The van der Waals surface area contributed by atoms with Crippen molar-refractivity contribution in [3.05, 3.63) is 29.8 Å². The molecule has 1 aromatic carbocycles. The molecule has 1 fully saturated rings. The first kappa shape index (κ1) is 14.4. The fourth-order valence-electron chi connectivity index (χ4n) is 2.78. The quantitative estimate of drug-likeness (QED) is 0.827. The van der Waals surface area contributed by atoms with Gasteiger partial charge in [0, 0.05) is 13.1 Å². The Morgan fingerprint density at radius 2 is 2.05 bits per heavy atom. The number of nitrogens with zero attached hydrogens (tertiary/aromatic N) is 1. The number of phenolic OH excluding ortho intramolecular Hbond substituents is 1. The highest BCUT2D eigenvalue weighted by Gasteiger charge is 2.12. The van der Waals surface area contributed by atoms with Crippen molar-refractivity contribution in [2.45, 2.75) is 32.7 Å². The third kappa shape index (κ3) is 5.21. The van der Waals surface area contributed by atoms with E-state index in [1.54, 1.807) is 6.07 Å². The number of rotatable bonds is 6. The number of phenols is 1. The molecule has 0 radical (unpaired) electrons. The molecule has 3 heteroatoms. The number of benzene rings is 1. The first-order valence-corrected chi connectivity index (χ1v) is 7.45. The summed E-state index contributed by atoms with van der Waals surface area (Å²) in [6, 6.07) is 7.47. The molecule has 1 aliphatic heterocycles. The number of nitrogens with one attached hydrogen (secondary N) is 1. The molecule has 3 nitrogen and oxygen atoms in total. The van der Waals surface area contributed by atoms with Crippen LogP contribution in [0.2, 0.25) is 0 Å². The van der Waals surface area contributed by atoms with E-state index in [4.69, 9.17) is 0 Å². The lowest BCUT2D eigenvalue weighted by molar-refractivity contribution is 0.199. The number of hydrogen-bond acceptors (Lipinski definition) is 3. The van der Waals surface area contributed by atoms with Crippen molar-refractivity contribution in [3.63, 3.8) is 0 Å². The fraction of sp³-hybridized carbons (Fsp3) is 0.625. The van der Waals surface area contributed by atoms with Gasteiger partial charge in [-0.15, -0.1) is 0 Å². The summed E-state index contributed by atoms with van der Waals surface area (Å²) >= 11 is 0. The van der Waals surface area contributed by atoms with Gasteiger partial charge in [-0.05, 0) is 56.1 Å². The van der Waals surface area contributed by atoms with Crippen LogP contribution in [0.1, 0.15) is 31.7 Å². The predicted molar refractivity (Wildman–Crippen MR) is 79.3 cm³/mol. The molecule has 1 aliphatic rings. The summed E-state index contributed by atoms with van der Waals surface area (Å²) in [6.07, 6.45) is 4.13. The molecular formula is C16H26N2O. The van der Waals surface area contributed by atoms with Crippen LogP contribution in [0.25, 0.3) is 0 Å². The number of aromatic hydroxyl groups is 1. The zero-order valence-electron chi connectivity index (χ0n) is 11.9. The summed E-state index contributed by atoms with van der Waals surface area (Å²) in [4.78, 5) is 2.59. The summed E-state index contributed by atoms with van der Waals surface area (Å²) in [6.45, 7) is 7.93. The van der Waals surface area contributed by atoms with E-state index in [1.165, 1.54) is 38.9 Å². The Hall–Kier alpha value is -1.06. The summed E-state index contributed by atoms with van der Waals surface area (Å²) in [5.41, 5.74) is 1.14. The van der Waals surface area contributed by atoms with Crippen molar-refractivity contribution < 1.29 is 5.11 Å². The summed E-state index contributed by atoms with van der Waals surface area (Å²) in [7, 11) is 0. The maximum atomic E-state index is 9.40. The van der Waals surface area contributed by atoms with Gasteiger partial charge in [0.1, 0.15) is 5.75 Å². The predicted octanol–water partition coefficient (Wildman–Crippen LogP) is 2.60. The molecular weight excluding hydrogens is 236 g/mol. The Morgan fingerprint density at radius 1 is 1.26 bits per heavy atom. The van der Waals surface area contributed by atoms with Crippen LogP contribution in [0.15, 0.2) is 24.3 Å². The lowest BCUT2D eigenvalue weighted by Crippen LogP contribution is -2.36. The van der Waals surface area contributed by atoms with Gasteiger partial charge in [0.2, 0.25) is 0 Å². The van der Waals surface area contributed by atoms with E-state index < -0.39 is 0 Å². The molecule has 19 heavy (non-hydrogen) atoms. The van der Waals surface area contributed by atoms with Crippen molar-refractivity contribution >= 4 is 0 Å². The van der Waals surface area contributed by atoms with Crippen LogP contribution < -0.4 is 5.32 Å². The highest BCUT2D eigenvalue weighted by Crippen LogP contribution is 2.12. The van der Waals surface area contributed by atoms with Gasteiger partial charge in [-0.25, -0.2) is 0 Å². The average molecular weight is 262 g/mol. The minimum absolute atomic E-state index is 0.348. The average Bonchev–Trinajstić information content (AvgIpc) is 2.40. The molecule has 0 aromatic heterocycles. The third-order valence-corrected chi connectivity index (χ3v) is 3.75. The van der Waals surface area contributed by atoms with Crippen LogP contribution in [0.4, 0.5) is 0 Å². The second-order valence-corrected chi connectivity index (χ2v) is 5.77. The molecule has 1 unspecified atom stereocenters. The van der Waals surface area contributed by atoms with Gasteiger partial charge in [0.25, 0.3) is 0 Å². The van der Waals surface area contributed by atoms with E-state index in [2.05, 4.69) is 17.1 Å². The second-order valence-electron chi connectivity index (χ2n) is 5.77. The molecule has 0 saturated carbocycles. The molecule has 1 saturated heterocycles. The lowest BCUT2D eigenvalue weighted by atomic mass is 10.1. The summed E-state index contributed by atoms with van der Waals surface area (Å²) in [5, 5.41) is 12.9. The molecule has 0 amide bonds. The largest absolute Gasteiger partial charge is 0.508 e. The normalized spacial score (nSPS) is 18.4. The minimum Gasteiger partial charge on any atom is -0.508 e. The van der Waals surface area contributed by atoms with Crippen LogP contribution in [0.3, 0.4) is 0 Å². The van der Waals surface area contributed by atoms with Gasteiger partial charge >= 0.3 is 0 Å². The highest BCUT2D eigenvalue weighted by molar-refractivity contribution is 5.26. The minimum atomic E-state index is 0.348. The van der Waals surface area contributed by atoms with Crippen molar-refractivity contribution in [1.29, 1.82) is 0 Å². The van der Waals surface area contributed by atoms with Gasteiger partial charge in [-0.2, -0.15) is 0 Å². The fourth-order valence-corrected chi connectivity index (χ4v) is 2.78. The first-order chi connectivity index (χ1) is 9.24. The number of likely N-dealkylation sites (tertiary alicyclic amines) is 1. The van der Waals surface area contributed by atoms with Crippen LogP contribution in [0.5, 0.6) is 5.75 Å². The van der Waals surface area contributed by atoms with Crippen molar-refractivity contribution in [1.82, 2.24) is 10.2 Å². The topological polar surface area (TPSA) is 35.5 Å². The summed E-state index contributed by atoms with van der Waals surface area (Å²) < 4.78 is 0. The van der Waals surface area contributed by atoms with Crippen molar-refractivity contribution in [3.8, 4) is 5.75 Å². The Labute approximate surface area is 116 Å². The smallest absolute Gasteiger partial charge is 0.115 e. The molecule has 106 valence electrons. The maximum Gasteiger partial charge on any atom is 0.115 e. The molecule has 0 bridgehead atoms. The zero-order chi connectivity index (χ0) is 13.5. The van der Waals surface area contributed by atoms with Gasteiger partial charge in [-0.3, -0.25) is 0 Å². The van der Waals surface area contributed by atoms with E-state index in [0.717, 1.165) is 18.7 Å². The van der Waals surface area contributed by atoms with Crippen molar-refractivity contribution in [2.75, 3.05) is 26.2 Å². The van der Waals surface area contributed by atoms with Gasteiger partial charge in [-0.1, -0.05) is 25.5 Å². The monoisotopic (exact) mass is 262 g/mol. The standard InChI is InChI=1S/C16H26N2O/c1-14(13-18-8-3-2-4-9-18)11-17-12-15-6-5-7-16(19)10-15/h5-7,10,14,17,19H,2-4,8-9,11-13H2,1H3.